The summed E-state index contributed by atoms with van der Waals surface area (Å²) in [7, 11) is 0. The van der Waals surface area contributed by atoms with Gasteiger partial charge in [0.2, 0.25) is 5.91 Å². The number of para-hydroxylation sites is 1. The van der Waals surface area contributed by atoms with Crippen molar-refractivity contribution in [1.82, 2.24) is 15.2 Å². The summed E-state index contributed by atoms with van der Waals surface area (Å²) < 4.78 is 1.14. The first-order chi connectivity index (χ1) is 14.3. The molecular formula is C24H23N3OS. The van der Waals surface area contributed by atoms with Gasteiger partial charge in [0.1, 0.15) is 5.01 Å². The lowest BCUT2D eigenvalue weighted by molar-refractivity contribution is -0.122. The number of benzene rings is 3. The lowest BCUT2D eigenvalue weighted by Gasteiger charge is -2.22. The van der Waals surface area contributed by atoms with Crippen molar-refractivity contribution in [2.24, 2.45) is 0 Å². The van der Waals surface area contributed by atoms with E-state index in [1.807, 2.05) is 54.6 Å². The lowest BCUT2D eigenvalue weighted by atomic mass is 10.1. The second kappa shape index (κ2) is 9.45. The normalized spacial score (nSPS) is 11.1. The molecule has 0 unspecified atom stereocenters. The van der Waals surface area contributed by atoms with Crippen LogP contribution in [-0.4, -0.2) is 22.3 Å². The van der Waals surface area contributed by atoms with Gasteiger partial charge in [0.25, 0.3) is 0 Å². The summed E-state index contributed by atoms with van der Waals surface area (Å²) in [6.07, 6.45) is 0. The monoisotopic (exact) mass is 401 g/mol. The molecule has 1 heterocycles. The molecule has 0 bridgehead atoms. The van der Waals surface area contributed by atoms with Gasteiger partial charge < -0.3 is 5.32 Å². The van der Waals surface area contributed by atoms with Crippen LogP contribution in [-0.2, 0) is 24.4 Å². The van der Waals surface area contributed by atoms with Gasteiger partial charge in [0, 0.05) is 13.1 Å². The fourth-order valence-electron chi connectivity index (χ4n) is 3.28. The van der Waals surface area contributed by atoms with Crippen LogP contribution in [0.3, 0.4) is 0 Å². The van der Waals surface area contributed by atoms with E-state index in [-0.39, 0.29) is 5.91 Å². The smallest absolute Gasteiger partial charge is 0.234 e. The van der Waals surface area contributed by atoms with Crippen LogP contribution in [0, 0.1) is 0 Å². The highest BCUT2D eigenvalue weighted by Crippen LogP contribution is 2.21. The van der Waals surface area contributed by atoms with Crippen molar-refractivity contribution in [2.75, 3.05) is 6.54 Å². The van der Waals surface area contributed by atoms with E-state index in [4.69, 9.17) is 0 Å². The standard InChI is InChI=1S/C24H23N3OS/c28-23(25-15-24-26-21-13-7-8-14-22(21)29-24)18-27(16-19-9-3-1-4-10-19)17-20-11-5-2-6-12-20/h1-14H,15-18H2,(H,25,28). The van der Waals surface area contributed by atoms with Crippen LogP contribution in [0.1, 0.15) is 16.1 Å². The largest absolute Gasteiger partial charge is 0.348 e. The second-order valence-electron chi connectivity index (χ2n) is 6.97. The van der Waals surface area contributed by atoms with Crippen molar-refractivity contribution in [3.63, 3.8) is 0 Å². The molecule has 0 aliphatic carbocycles. The first-order valence-electron chi connectivity index (χ1n) is 9.67. The molecule has 0 aliphatic heterocycles. The Bertz CT molecular complexity index is 989. The van der Waals surface area contributed by atoms with E-state index in [0.29, 0.717) is 13.1 Å². The van der Waals surface area contributed by atoms with E-state index in [2.05, 4.69) is 45.5 Å². The topological polar surface area (TPSA) is 45.2 Å². The molecule has 0 atom stereocenters. The third-order valence-electron chi connectivity index (χ3n) is 4.64. The maximum Gasteiger partial charge on any atom is 0.234 e. The van der Waals surface area contributed by atoms with Gasteiger partial charge >= 0.3 is 0 Å². The number of thiazole rings is 1. The molecule has 4 nitrogen and oxygen atoms in total. The van der Waals surface area contributed by atoms with Gasteiger partial charge in [-0.25, -0.2) is 4.98 Å². The summed E-state index contributed by atoms with van der Waals surface area (Å²) in [6, 6.07) is 28.6. The third-order valence-corrected chi connectivity index (χ3v) is 5.68. The molecule has 1 N–H and O–H groups in total. The maximum absolute atomic E-state index is 12.6. The summed E-state index contributed by atoms with van der Waals surface area (Å²) in [6.45, 7) is 2.26. The molecule has 29 heavy (non-hydrogen) atoms. The molecule has 0 aliphatic rings. The quantitative estimate of drug-likeness (QED) is 0.469. The first kappa shape index (κ1) is 19.3. The number of carbonyl (C=O) groups is 1. The van der Waals surface area contributed by atoms with E-state index in [1.54, 1.807) is 11.3 Å². The van der Waals surface area contributed by atoms with Crippen LogP contribution in [0.4, 0.5) is 0 Å². The minimum absolute atomic E-state index is 0.0103. The van der Waals surface area contributed by atoms with Crippen LogP contribution >= 0.6 is 11.3 Å². The van der Waals surface area contributed by atoms with E-state index in [1.165, 1.54) is 11.1 Å². The molecule has 3 aromatic carbocycles. The van der Waals surface area contributed by atoms with E-state index in [9.17, 15) is 4.79 Å². The minimum atomic E-state index is 0.0103. The molecule has 0 spiro atoms. The molecule has 4 rings (SSSR count). The van der Waals surface area contributed by atoms with Crippen molar-refractivity contribution in [3.8, 4) is 0 Å². The minimum Gasteiger partial charge on any atom is -0.348 e. The van der Waals surface area contributed by atoms with Gasteiger partial charge in [0.15, 0.2) is 0 Å². The average molecular weight is 402 g/mol. The molecule has 4 aromatic rings. The zero-order valence-electron chi connectivity index (χ0n) is 16.1. The zero-order chi connectivity index (χ0) is 19.9. The Morgan fingerprint density at radius 3 is 2.03 bits per heavy atom. The number of hydrogen-bond acceptors (Lipinski definition) is 4. The number of amides is 1. The Morgan fingerprint density at radius 1 is 0.828 bits per heavy atom. The first-order valence-corrected chi connectivity index (χ1v) is 10.5. The van der Waals surface area contributed by atoms with Gasteiger partial charge in [-0.1, -0.05) is 72.8 Å². The molecule has 1 amide bonds. The number of carbonyl (C=O) groups excluding carboxylic acids is 1. The number of rotatable bonds is 8. The Kier molecular flexibility index (Phi) is 6.29. The van der Waals surface area contributed by atoms with Gasteiger partial charge in [-0.05, 0) is 23.3 Å². The molecule has 5 heteroatoms. The van der Waals surface area contributed by atoms with E-state index < -0.39 is 0 Å². The predicted octanol–water partition coefficient (Wildman–Crippen LogP) is 4.61. The Labute approximate surface area is 174 Å². The Balaban J connectivity index is 1.39. The summed E-state index contributed by atoms with van der Waals surface area (Å²) in [5.41, 5.74) is 3.38. The summed E-state index contributed by atoms with van der Waals surface area (Å²) in [5, 5.41) is 3.96. The Hall–Kier alpha value is -3.02. The van der Waals surface area contributed by atoms with Crippen LogP contribution in [0.15, 0.2) is 84.9 Å². The molecule has 1 aromatic heterocycles. The third kappa shape index (κ3) is 5.50. The molecule has 146 valence electrons. The van der Waals surface area contributed by atoms with Crippen molar-refractivity contribution in [1.29, 1.82) is 0 Å². The van der Waals surface area contributed by atoms with E-state index in [0.717, 1.165) is 28.3 Å². The van der Waals surface area contributed by atoms with Crippen molar-refractivity contribution in [3.05, 3.63) is 101 Å². The van der Waals surface area contributed by atoms with Crippen LogP contribution < -0.4 is 5.32 Å². The summed E-state index contributed by atoms with van der Waals surface area (Å²) in [5.74, 6) is 0.0103. The molecule has 0 radical (unpaired) electrons. The molecule has 0 saturated carbocycles. The fourth-order valence-corrected chi connectivity index (χ4v) is 4.19. The van der Waals surface area contributed by atoms with Crippen molar-refractivity contribution < 1.29 is 4.79 Å². The Morgan fingerprint density at radius 2 is 1.41 bits per heavy atom. The number of nitrogens with zero attached hydrogens (tertiary/aromatic N) is 2. The second-order valence-corrected chi connectivity index (χ2v) is 8.08. The lowest BCUT2D eigenvalue weighted by Crippen LogP contribution is -2.36. The molecule has 0 saturated heterocycles. The van der Waals surface area contributed by atoms with Gasteiger partial charge in [-0.2, -0.15) is 0 Å². The summed E-state index contributed by atoms with van der Waals surface area (Å²) >= 11 is 1.62. The number of hydrogen-bond donors (Lipinski definition) is 1. The van der Waals surface area contributed by atoms with Crippen LogP contribution in [0.5, 0.6) is 0 Å². The highest BCUT2D eigenvalue weighted by Gasteiger charge is 2.13. The summed E-state index contributed by atoms with van der Waals surface area (Å²) in [4.78, 5) is 19.4. The van der Waals surface area contributed by atoms with Gasteiger partial charge in [-0.15, -0.1) is 11.3 Å². The highest BCUT2D eigenvalue weighted by atomic mass is 32.1. The fraction of sp³-hybridized carbons (Fsp3) is 0.167. The maximum atomic E-state index is 12.6. The van der Waals surface area contributed by atoms with E-state index >= 15 is 0 Å². The predicted molar refractivity (Wildman–Crippen MR) is 118 cm³/mol. The van der Waals surface area contributed by atoms with Gasteiger partial charge in [-0.3, -0.25) is 9.69 Å². The SMILES string of the molecule is O=C(CN(Cc1ccccc1)Cc1ccccc1)NCc1nc2ccccc2s1. The molecular weight excluding hydrogens is 378 g/mol. The number of nitrogens with one attached hydrogen (secondary N) is 1. The zero-order valence-corrected chi connectivity index (χ0v) is 16.9. The van der Waals surface area contributed by atoms with Crippen molar-refractivity contribution in [2.45, 2.75) is 19.6 Å². The van der Waals surface area contributed by atoms with Crippen LogP contribution in [0.25, 0.3) is 10.2 Å². The number of aromatic nitrogens is 1. The highest BCUT2D eigenvalue weighted by molar-refractivity contribution is 7.18. The molecule has 0 fully saturated rings. The van der Waals surface area contributed by atoms with Crippen molar-refractivity contribution >= 4 is 27.5 Å². The average Bonchev–Trinajstić information content (AvgIpc) is 3.17. The van der Waals surface area contributed by atoms with Gasteiger partial charge in [0.05, 0.1) is 23.3 Å². The van der Waals surface area contributed by atoms with Crippen LogP contribution in [0.2, 0.25) is 0 Å². The number of fused-ring (bicyclic) bond motifs is 1.